The van der Waals surface area contributed by atoms with E-state index < -0.39 is 77.6 Å². The molecule has 0 bridgehead atoms. The lowest BCUT2D eigenvalue weighted by atomic mass is 9.83. The summed E-state index contributed by atoms with van der Waals surface area (Å²) in [6.07, 6.45) is 5.34. The number of carbonyl (C=O) groups is 2. The van der Waals surface area contributed by atoms with Gasteiger partial charge in [0.05, 0.1) is 32.3 Å². The Kier molecular flexibility index (Phi) is 20.9. The standard InChI is InChI=1S/C66H80F6N8O6S2/c1-9-13-23-45(11-3)43-73-87(83,84)49-33-29-47(30-34-49)79-61(81)51(59(75-79)65(67,68)69)37-39-57-63(5,6)53-25-17-19-27-55(53)77(57)41-21-15-16-22-42-78-56-28-20-18-26-54(56)64(7,8)58(78)40-38-52-60(66(70,71)72)76-80(62(52)82)48-31-35-50(36-32-48)88(85,86)74-44-46(12-4)24-14-10-2/h17-20,25-40,45-46,73-74H,9-16,21-24,41-44H2,1-8H3/b51-37-,52-38-,57-39+,58-40+. The van der Waals surface area contributed by atoms with Crippen molar-refractivity contribution in [2.24, 2.45) is 22.0 Å². The van der Waals surface area contributed by atoms with E-state index in [9.17, 15) is 52.8 Å². The Morgan fingerprint density at radius 3 is 1.18 bits per heavy atom. The number of hydrazone groups is 2. The third-order valence-corrected chi connectivity index (χ3v) is 20.1. The molecule has 0 saturated heterocycles. The van der Waals surface area contributed by atoms with E-state index in [1.165, 1.54) is 48.5 Å². The number of rotatable bonds is 27. The highest BCUT2D eigenvalue weighted by molar-refractivity contribution is 7.89. The maximum absolute atomic E-state index is 14.8. The molecule has 0 spiro atoms. The number of hydrogen-bond acceptors (Lipinski definition) is 10. The minimum absolute atomic E-state index is 0.0419. The number of para-hydroxylation sites is 2. The molecule has 4 aromatic rings. The van der Waals surface area contributed by atoms with E-state index in [0.29, 0.717) is 47.3 Å². The summed E-state index contributed by atoms with van der Waals surface area (Å²) in [7, 11) is -7.91. The predicted molar refractivity (Wildman–Crippen MR) is 336 cm³/mol. The Morgan fingerprint density at radius 1 is 0.500 bits per heavy atom. The number of nitrogens with one attached hydrogen (secondary N) is 2. The highest BCUT2D eigenvalue weighted by Gasteiger charge is 2.49. The first-order chi connectivity index (χ1) is 41.6. The van der Waals surface area contributed by atoms with Gasteiger partial charge in [-0.15, -0.1) is 0 Å². The van der Waals surface area contributed by atoms with E-state index in [4.69, 9.17) is 0 Å². The van der Waals surface area contributed by atoms with Gasteiger partial charge in [0.25, 0.3) is 11.8 Å². The number of alkyl halides is 6. The van der Waals surface area contributed by atoms with Crippen LogP contribution in [0.2, 0.25) is 0 Å². The molecule has 22 heteroatoms. The second kappa shape index (κ2) is 27.5. The van der Waals surface area contributed by atoms with Crippen LogP contribution in [0, 0.1) is 11.8 Å². The molecule has 0 fully saturated rings. The predicted octanol–water partition coefficient (Wildman–Crippen LogP) is 14.7. The zero-order valence-electron chi connectivity index (χ0n) is 51.2. The lowest BCUT2D eigenvalue weighted by Crippen LogP contribution is -2.29. The van der Waals surface area contributed by atoms with Crippen molar-refractivity contribution in [2.45, 2.75) is 165 Å². The molecular weight excluding hydrogens is 1180 g/mol. The highest BCUT2D eigenvalue weighted by atomic mass is 32.2. The number of nitrogens with zero attached hydrogens (tertiary/aromatic N) is 6. The van der Waals surface area contributed by atoms with Crippen LogP contribution in [-0.4, -0.2) is 78.6 Å². The molecule has 2 atom stereocenters. The molecule has 4 aliphatic heterocycles. The quantitative estimate of drug-likeness (QED) is 0.0338. The van der Waals surface area contributed by atoms with Crippen LogP contribution < -0.4 is 29.3 Å². The molecule has 2 unspecified atom stereocenters. The van der Waals surface area contributed by atoms with Crippen molar-refractivity contribution in [2.75, 3.05) is 46.0 Å². The molecule has 474 valence electrons. The van der Waals surface area contributed by atoms with Gasteiger partial charge in [0, 0.05) is 59.8 Å². The number of sulfonamides is 2. The highest BCUT2D eigenvalue weighted by Crippen LogP contribution is 2.50. The van der Waals surface area contributed by atoms with E-state index in [-0.39, 0.29) is 46.1 Å². The molecule has 2 amide bonds. The van der Waals surface area contributed by atoms with Gasteiger partial charge in [-0.3, -0.25) is 9.59 Å². The largest absolute Gasteiger partial charge is 0.435 e. The topological polar surface area (TPSA) is 164 Å². The number of anilines is 4. The van der Waals surface area contributed by atoms with Gasteiger partial charge in [0.2, 0.25) is 20.0 Å². The Morgan fingerprint density at radius 2 is 0.852 bits per heavy atom. The third-order valence-electron chi connectivity index (χ3n) is 17.2. The monoisotopic (exact) mass is 1260 g/mol. The van der Waals surface area contributed by atoms with Crippen LogP contribution in [0.3, 0.4) is 0 Å². The molecule has 14 nitrogen and oxygen atoms in total. The number of unbranched alkanes of at least 4 members (excludes halogenated alkanes) is 5. The van der Waals surface area contributed by atoms with Crippen molar-refractivity contribution >= 4 is 66.0 Å². The zero-order valence-corrected chi connectivity index (χ0v) is 52.9. The van der Waals surface area contributed by atoms with Gasteiger partial charge in [-0.1, -0.05) is 143 Å². The first kappa shape index (κ1) is 67.1. The second-order valence-corrected chi connectivity index (χ2v) is 27.5. The number of carbonyl (C=O) groups excluding carboxylic acids is 2. The van der Waals surface area contributed by atoms with E-state index in [0.717, 1.165) is 98.9 Å². The number of amides is 2. The fourth-order valence-corrected chi connectivity index (χ4v) is 14.2. The van der Waals surface area contributed by atoms with Crippen molar-refractivity contribution in [3.63, 3.8) is 0 Å². The molecule has 88 heavy (non-hydrogen) atoms. The minimum atomic E-state index is -5.01. The molecule has 0 saturated carbocycles. The van der Waals surface area contributed by atoms with Gasteiger partial charge < -0.3 is 9.80 Å². The van der Waals surface area contributed by atoms with Gasteiger partial charge in [-0.25, -0.2) is 26.3 Å². The number of benzene rings is 4. The van der Waals surface area contributed by atoms with Gasteiger partial charge in [0.15, 0.2) is 11.4 Å². The fourth-order valence-electron chi connectivity index (χ4n) is 11.9. The second-order valence-electron chi connectivity index (χ2n) is 23.9. The zero-order chi connectivity index (χ0) is 64.0. The molecule has 4 heterocycles. The van der Waals surface area contributed by atoms with Gasteiger partial charge in [-0.2, -0.15) is 46.6 Å². The molecule has 2 N–H and O–H groups in total. The summed E-state index contributed by atoms with van der Waals surface area (Å²) >= 11 is 0. The average molecular weight is 1260 g/mol. The minimum Gasteiger partial charge on any atom is -0.344 e. The fraction of sp³-hybridized carbons (Fsp3) is 0.455. The van der Waals surface area contributed by atoms with Crippen LogP contribution in [-0.2, 0) is 40.5 Å². The summed E-state index contributed by atoms with van der Waals surface area (Å²) in [6.45, 7) is 17.4. The summed E-state index contributed by atoms with van der Waals surface area (Å²) in [5.41, 5.74) is -0.653. The first-order valence-electron chi connectivity index (χ1n) is 30.4. The lowest BCUT2D eigenvalue weighted by molar-refractivity contribution is -0.115. The van der Waals surface area contributed by atoms with Crippen LogP contribution in [0.4, 0.5) is 49.1 Å². The van der Waals surface area contributed by atoms with Crippen molar-refractivity contribution in [1.29, 1.82) is 0 Å². The van der Waals surface area contributed by atoms with Crippen molar-refractivity contribution < 1.29 is 52.8 Å². The SMILES string of the molecule is CCCCC(CC)CNS(=O)(=O)c1ccc(N2N=C(C(F)(F)F)/C(=C/C=C3/N(CCCCCCN4/C(=C/C=C5\C(=O)N(c6ccc(S(=O)(=O)NCC(CC)CCCC)cc6)N=C5C(F)(F)F)C(C)(C)c5ccccc54)c4ccccc4C3(C)C)C2=O)cc1. The van der Waals surface area contributed by atoms with Crippen LogP contribution >= 0.6 is 0 Å². The third kappa shape index (κ3) is 14.6. The van der Waals surface area contributed by atoms with Crippen molar-refractivity contribution in [1.82, 2.24) is 9.44 Å². The molecule has 4 aromatic carbocycles. The number of halogens is 6. The molecular formula is C66H80F6N8O6S2. The summed E-state index contributed by atoms with van der Waals surface area (Å²) in [5.74, 6) is -1.77. The summed E-state index contributed by atoms with van der Waals surface area (Å²) < 4.78 is 147. The number of fused-ring (bicyclic) bond motifs is 2. The number of hydrogen-bond donors (Lipinski definition) is 2. The van der Waals surface area contributed by atoms with Gasteiger partial charge in [0.1, 0.15) is 0 Å². The van der Waals surface area contributed by atoms with E-state index in [1.807, 2.05) is 90.1 Å². The molecule has 0 aliphatic carbocycles. The summed E-state index contributed by atoms with van der Waals surface area (Å²) in [5, 5.41) is 8.76. The average Bonchev–Trinajstić information content (AvgIpc) is 1.69. The van der Waals surface area contributed by atoms with Crippen molar-refractivity contribution in [3.8, 4) is 0 Å². The first-order valence-corrected chi connectivity index (χ1v) is 33.4. The summed E-state index contributed by atoms with van der Waals surface area (Å²) in [6, 6.07) is 25.4. The smallest absolute Gasteiger partial charge is 0.344 e. The molecule has 0 aromatic heterocycles. The van der Waals surface area contributed by atoms with Crippen LogP contribution in [0.25, 0.3) is 0 Å². The Labute approximate surface area is 514 Å². The maximum Gasteiger partial charge on any atom is 0.435 e. The summed E-state index contributed by atoms with van der Waals surface area (Å²) in [4.78, 5) is 31.9. The lowest BCUT2D eigenvalue weighted by Gasteiger charge is -2.28. The maximum atomic E-state index is 14.8. The molecule has 4 aliphatic rings. The normalized spacial score (nSPS) is 19.4. The molecule has 0 radical (unpaired) electrons. The van der Waals surface area contributed by atoms with Crippen molar-refractivity contribution in [3.05, 3.63) is 155 Å². The Balaban J connectivity index is 0.960. The van der Waals surface area contributed by atoms with E-state index >= 15 is 0 Å². The van der Waals surface area contributed by atoms with Crippen LogP contribution in [0.5, 0.6) is 0 Å². The Bertz CT molecular complexity index is 3390. The molecule has 8 rings (SSSR count). The Hall–Kier alpha value is -6.88. The van der Waals surface area contributed by atoms with Crippen LogP contribution in [0.15, 0.2) is 164 Å². The van der Waals surface area contributed by atoms with Crippen LogP contribution in [0.1, 0.15) is 144 Å². The number of allylic oxidation sites excluding steroid dienone is 6. The van der Waals surface area contributed by atoms with Gasteiger partial charge >= 0.3 is 12.4 Å². The van der Waals surface area contributed by atoms with E-state index in [1.54, 1.807) is 12.2 Å². The van der Waals surface area contributed by atoms with E-state index in [2.05, 4.69) is 43.3 Å². The van der Waals surface area contributed by atoms with Gasteiger partial charge in [-0.05, 0) is 134 Å².